The number of halogens is 2. The second-order valence-corrected chi connectivity index (χ2v) is 3.82. The van der Waals surface area contributed by atoms with Crippen LogP contribution in [-0.2, 0) is 6.61 Å². The lowest BCUT2D eigenvalue weighted by Crippen LogP contribution is -2.03. The van der Waals surface area contributed by atoms with Crippen LogP contribution in [0.25, 0.3) is 0 Å². The number of ether oxygens (including phenoxy) is 1. The van der Waals surface area contributed by atoms with Crippen molar-refractivity contribution < 1.29 is 13.5 Å². The number of nitrogens with zero attached hydrogens (tertiary/aromatic N) is 2. The fourth-order valence-corrected chi connectivity index (χ4v) is 1.47. The van der Waals surface area contributed by atoms with Gasteiger partial charge in [-0.3, -0.25) is 4.98 Å². The Bertz CT molecular complexity index is 526. The number of benzene rings is 1. The van der Waals surface area contributed by atoms with Gasteiger partial charge in [0, 0.05) is 24.7 Å². The summed E-state index contributed by atoms with van der Waals surface area (Å²) in [7, 11) is 0. The summed E-state index contributed by atoms with van der Waals surface area (Å²) < 4.78 is 31.1. The van der Waals surface area contributed by atoms with Gasteiger partial charge >= 0.3 is 0 Å². The fraction of sp³-hybridized carbons (Fsp3) is 0.231. The summed E-state index contributed by atoms with van der Waals surface area (Å²) in [5, 5.41) is 3.01. The van der Waals surface area contributed by atoms with Gasteiger partial charge in [-0.15, -0.1) is 0 Å². The zero-order valence-electron chi connectivity index (χ0n) is 10.4. The van der Waals surface area contributed by atoms with Crippen LogP contribution < -0.4 is 10.1 Å². The van der Waals surface area contributed by atoms with E-state index in [1.54, 1.807) is 12.4 Å². The smallest absolute Gasteiger partial charge is 0.144 e. The third kappa shape index (κ3) is 3.87. The van der Waals surface area contributed by atoms with Crippen molar-refractivity contribution in [1.29, 1.82) is 0 Å². The molecule has 0 aliphatic carbocycles. The first-order chi connectivity index (χ1) is 9.17. The lowest BCUT2D eigenvalue weighted by atomic mass is 10.3. The van der Waals surface area contributed by atoms with E-state index in [-0.39, 0.29) is 12.4 Å². The Morgan fingerprint density at radius 3 is 2.42 bits per heavy atom. The van der Waals surface area contributed by atoms with Gasteiger partial charge in [0.2, 0.25) is 0 Å². The van der Waals surface area contributed by atoms with Gasteiger partial charge < -0.3 is 10.1 Å². The minimum atomic E-state index is -0.677. The summed E-state index contributed by atoms with van der Waals surface area (Å²) in [6.07, 6.45) is 3.13. The molecule has 19 heavy (non-hydrogen) atoms. The molecule has 2 rings (SSSR count). The molecule has 1 aromatic carbocycles. The molecule has 0 saturated carbocycles. The molecule has 6 heteroatoms. The van der Waals surface area contributed by atoms with Gasteiger partial charge in [0.25, 0.3) is 0 Å². The number of hydrogen-bond donors (Lipinski definition) is 1. The van der Waals surface area contributed by atoms with Gasteiger partial charge in [-0.2, -0.15) is 0 Å². The monoisotopic (exact) mass is 265 g/mol. The van der Waals surface area contributed by atoms with Crippen molar-refractivity contribution in [3.05, 3.63) is 47.9 Å². The quantitative estimate of drug-likeness (QED) is 0.903. The summed E-state index contributed by atoms with van der Waals surface area (Å²) in [4.78, 5) is 8.23. The van der Waals surface area contributed by atoms with Crippen molar-refractivity contribution in [3.8, 4) is 5.75 Å². The van der Waals surface area contributed by atoms with E-state index in [9.17, 15) is 8.78 Å². The molecule has 1 heterocycles. The van der Waals surface area contributed by atoms with Crippen LogP contribution in [0.4, 0.5) is 14.6 Å². The first-order valence-electron chi connectivity index (χ1n) is 5.81. The van der Waals surface area contributed by atoms with Crippen molar-refractivity contribution >= 4 is 5.82 Å². The molecule has 1 aromatic heterocycles. The molecule has 0 aliphatic heterocycles. The maximum Gasteiger partial charge on any atom is 0.144 e. The molecule has 100 valence electrons. The maximum atomic E-state index is 12.9. The second kappa shape index (κ2) is 6.08. The van der Waals surface area contributed by atoms with Crippen LogP contribution in [0.3, 0.4) is 0 Å². The summed E-state index contributed by atoms with van der Waals surface area (Å²) in [6, 6.07) is 3.02. The van der Waals surface area contributed by atoms with Crippen molar-refractivity contribution in [1.82, 2.24) is 9.97 Å². The Kier molecular flexibility index (Phi) is 4.22. The third-order valence-electron chi connectivity index (χ3n) is 2.29. The average Bonchev–Trinajstić information content (AvgIpc) is 2.37. The second-order valence-electron chi connectivity index (χ2n) is 3.82. The summed E-state index contributed by atoms with van der Waals surface area (Å²) in [5.41, 5.74) is 0.575. The molecule has 0 amide bonds. The summed E-state index contributed by atoms with van der Waals surface area (Å²) in [6.45, 7) is 2.81. The minimum absolute atomic E-state index is 0.0995. The van der Waals surface area contributed by atoms with Crippen LogP contribution >= 0.6 is 0 Å². The normalized spacial score (nSPS) is 10.3. The number of nitrogens with one attached hydrogen (secondary N) is 1. The first kappa shape index (κ1) is 13.2. The van der Waals surface area contributed by atoms with E-state index in [2.05, 4.69) is 15.3 Å². The van der Waals surface area contributed by atoms with Crippen LogP contribution in [0.2, 0.25) is 0 Å². The van der Waals surface area contributed by atoms with E-state index < -0.39 is 11.6 Å². The van der Waals surface area contributed by atoms with E-state index in [4.69, 9.17) is 4.74 Å². The highest BCUT2D eigenvalue weighted by atomic mass is 19.1. The highest BCUT2D eigenvalue weighted by Crippen LogP contribution is 2.16. The predicted molar refractivity (Wildman–Crippen MR) is 66.9 cm³/mol. The van der Waals surface area contributed by atoms with Crippen LogP contribution in [0, 0.1) is 11.6 Å². The fourth-order valence-electron chi connectivity index (χ4n) is 1.47. The minimum Gasteiger partial charge on any atom is -0.487 e. The first-order valence-corrected chi connectivity index (χ1v) is 5.81. The Hall–Kier alpha value is -2.24. The van der Waals surface area contributed by atoms with Crippen molar-refractivity contribution in [2.45, 2.75) is 13.5 Å². The van der Waals surface area contributed by atoms with Crippen LogP contribution in [-0.4, -0.2) is 16.5 Å². The lowest BCUT2D eigenvalue weighted by molar-refractivity contribution is 0.297. The summed E-state index contributed by atoms with van der Waals surface area (Å²) in [5.74, 6) is -0.565. The predicted octanol–water partition coefficient (Wildman–Crippen LogP) is 2.77. The number of hydrogen-bond acceptors (Lipinski definition) is 4. The molecule has 0 bridgehead atoms. The van der Waals surface area contributed by atoms with E-state index in [1.807, 2.05) is 6.92 Å². The molecule has 0 unspecified atom stereocenters. The molecule has 0 atom stereocenters. The molecular weight excluding hydrogens is 252 g/mol. The highest BCUT2D eigenvalue weighted by molar-refractivity contribution is 5.30. The van der Waals surface area contributed by atoms with Crippen LogP contribution in [0.1, 0.15) is 12.6 Å². The van der Waals surface area contributed by atoms with Gasteiger partial charge in [-0.25, -0.2) is 13.8 Å². The van der Waals surface area contributed by atoms with E-state index >= 15 is 0 Å². The molecule has 2 aromatic rings. The molecule has 1 N–H and O–H groups in total. The Balaban J connectivity index is 1.98. The molecule has 0 spiro atoms. The third-order valence-corrected chi connectivity index (χ3v) is 2.29. The standard InChI is InChI=1S/C13H13F2N3O/c1-2-16-13-7-17-11(6-18-13)8-19-12-4-9(14)3-10(15)5-12/h3-7H,2,8H2,1H3,(H,16,18). The molecule has 0 radical (unpaired) electrons. The molecule has 4 nitrogen and oxygen atoms in total. The van der Waals surface area contributed by atoms with Gasteiger partial charge in [0.1, 0.15) is 29.8 Å². The largest absolute Gasteiger partial charge is 0.487 e. The maximum absolute atomic E-state index is 12.9. The van der Waals surface area contributed by atoms with Gasteiger partial charge in [0.15, 0.2) is 0 Å². The van der Waals surface area contributed by atoms with Crippen molar-refractivity contribution in [2.24, 2.45) is 0 Å². The number of rotatable bonds is 5. The van der Waals surface area contributed by atoms with Crippen molar-refractivity contribution in [2.75, 3.05) is 11.9 Å². The van der Waals surface area contributed by atoms with Gasteiger partial charge in [0.05, 0.1) is 18.1 Å². The van der Waals surface area contributed by atoms with E-state index in [1.165, 1.54) is 0 Å². The number of aromatic nitrogens is 2. The molecule has 0 fully saturated rings. The van der Waals surface area contributed by atoms with Crippen molar-refractivity contribution in [3.63, 3.8) is 0 Å². The lowest BCUT2D eigenvalue weighted by Gasteiger charge is -2.06. The summed E-state index contributed by atoms with van der Waals surface area (Å²) >= 11 is 0. The topological polar surface area (TPSA) is 47.0 Å². The molecule has 0 aliphatic rings. The van der Waals surface area contributed by atoms with Crippen LogP contribution in [0.15, 0.2) is 30.6 Å². The highest BCUT2D eigenvalue weighted by Gasteiger charge is 2.03. The Morgan fingerprint density at radius 1 is 1.11 bits per heavy atom. The average molecular weight is 265 g/mol. The number of anilines is 1. The van der Waals surface area contributed by atoms with Gasteiger partial charge in [-0.05, 0) is 6.92 Å². The Labute approximate surface area is 109 Å². The molecule has 0 saturated heterocycles. The Morgan fingerprint density at radius 2 is 1.84 bits per heavy atom. The van der Waals surface area contributed by atoms with Gasteiger partial charge in [-0.1, -0.05) is 0 Å². The zero-order valence-corrected chi connectivity index (χ0v) is 10.4. The van der Waals surface area contributed by atoms with Crippen LogP contribution in [0.5, 0.6) is 5.75 Å². The SMILES string of the molecule is CCNc1cnc(COc2cc(F)cc(F)c2)cn1. The van der Waals surface area contributed by atoms with E-state index in [0.29, 0.717) is 11.5 Å². The zero-order chi connectivity index (χ0) is 13.7. The van der Waals surface area contributed by atoms with E-state index in [0.717, 1.165) is 24.7 Å². The molecular formula is C13H13F2N3O.